The number of nitrogens with zero attached hydrogens (tertiary/aromatic N) is 2. The number of imidazole rings is 1. The Morgan fingerprint density at radius 1 is 1.07 bits per heavy atom. The molecule has 0 fully saturated rings. The maximum absolute atomic E-state index is 12.4. The Kier molecular flexibility index (Phi) is 6.42. The fourth-order valence-electron chi connectivity index (χ4n) is 2.52. The number of rotatable bonds is 6. The van der Waals surface area contributed by atoms with Crippen LogP contribution in [0.15, 0.2) is 48.7 Å². The molecule has 0 saturated carbocycles. The van der Waals surface area contributed by atoms with E-state index in [-0.39, 0.29) is 5.69 Å². The van der Waals surface area contributed by atoms with Crippen molar-refractivity contribution in [2.45, 2.75) is 19.8 Å². The van der Waals surface area contributed by atoms with Crippen molar-refractivity contribution < 1.29 is 9.53 Å². The third-order valence-corrected chi connectivity index (χ3v) is 4.72. The fourth-order valence-corrected chi connectivity index (χ4v) is 3.14. The minimum absolute atomic E-state index is 0.210. The molecule has 0 amide bonds. The summed E-state index contributed by atoms with van der Waals surface area (Å²) in [6.45, 7) is 2.39. The number of carbonyl (C=O) groups is 1. The first-order valence-electron chi connectivity index (χ1n) is 8.47. The van der Waals surface area contributed by atoms with E-state index < -0.39 is 5.97 Å². The van der Waals surface area contributed by atoms with Crippen LogP contribution < -0.4 is 0 Å². The van der Waals surface area contributed by atoms with Crippen molar-refractivity contribution in [1.82, 2.24) is 9.55 Å². The normalized spacial score (nSPS) is 10.8. The first kappa shape index (κ1) is 19.7. The molecule has 1 heterocycles. The van der Waals surface area contributed by atoms with Gasteiger partial charge in [0.25, 0.3) is 0 Å². The number of benzene rings is 2. The second kappa shape index (κ2) is 8.79. The second-order valence-electron chi connectivity index (χ2n) is 5.91. The van der Waals surface area contributed by atoms with Gasteiger partial charge in [0.15, 0.2) is 5.69 Å². The van der Waals surface area contributed by atoms with Crippen LogP contribution in [-0.4, -0.2) is 22.1 Å². The number of hydrogen-bond acceptors (Lipinski definition) is 3. The largest absolute Gasteiger partial charge is 0.461 e. The summed E-state index contributed by atoms with van der Waals surface area (Å²) in [4.78, 5) is 16.8. The Morgan fingerprint density at radius 3 is 2.44 bits per heavy atom. The van der Waals surface area contributed by atoms with Crippen molar-refractivity contribution in [1.29, 1.82) is 0 Å². The Morgan fingerprint density at radius 2 is 1.78 bits per heavy atom. The Bertz CT molecular complexity index is 952. The lowest BCUT2D eigenvalue weighted by molar-refractivity contribution is 0.0493. The molecule has 0 radical (unpaired) electrons. The standard InChI is InChI=1S/C20H17Cl3N2O2/c1-2-3-10-27-20(26)18-12-25(15-7-4-13(21)5-8-15)19(24-18)16-9-6-14(22)11-17(16)23/h4-9,11-12H,2-3,10H2,1H3. The molecular formula is C20H17Cl3N2O2. The lowest BCUT2D eigenvalue weighted by atomic mass is 10.2. The highest BCUT2D eigenvalue weighted by Gasteiger charge is 2.19. The van der Waals surface area contributed by atoms with Gasteiger partial charge in [-0.3, -0.25) is 4.57 Å². The van der Waals surface area contributed by atoms with E-state index >= 15 is 0 Å². The van der Waals surface area contributed by atoms with Gasteiger partial charge in [-0.1, -0.05) is 48.1 Å². The zero-order valence-electron chi connectivity index (χ0n) is 14.6. The summed E-state index contributed by atoms with van der Waals surface area (Å²) in [5, 5.41) is 1.57. The molecule has 27 heavy (non-hydrogen) atoms. The van der Waals surface area contributed by atoms with Gasteiger partial charge in [-0.25, -0.2) is 9.78 Å². The van der Waals surface area contributed by atoms with Crippen LogP contribution in [0.3, 0.4) is 0 Å². The van der Waals surface area contributed by atoms with Gasteiger partial charge in [-0.05, 0) is 48.9 Å². The molecule has 0 unspecified atom stereocenters. The summed E-state index contributed by atoms with van der Waals surface area (Å²) in [6, 6.07) is 12.3. The van der Waals surface area contributed by atoms with E-state index in [0.717, 1.165) is 18.5 Å². The quantitative estimate of drug-likeness (QED) is 0.338. The van der Waals surface area contributed by atoms with Crippen LogP contribution in [0.1, 0.15) is 30.3 Å². The molecule has 7 heteroatoms. The van der Waals surface area contributed by atoms with E-state index in [1.165, 1.54) is 0 Å². The lowest BCUT2D eigenvalue weighted by Gasteiger charge is -2.09. The van der Waals surface area contributed by atoms with E-state index in [2.05, 4.69) is 4.98 Å². The van der Waals surface area contributed by atoms with Crippen molar-refractivity contribution in [2.75, 3.05) is 6.61 Å². The Balaban J connectivity index is 2.06. The molecule has 0 spiro atoms. The summed E-state index contributed by atoms with van der Waals surface area (Å²) >= 11 is 18.4. The highest BCUT2D eigenvalue weighted by molar-refractivity contribution is 6.36. The summed E-state index contributed by atoms with van der Waals surface area (Å²) in [6.07, 6.45) is 3.38. The van der Waals surface area contributed by atoms with Crippen molar-refractivity contribution in [2.24, 2.45) is 0 Å². The van der Waals surface area contributed by atoms with E-state index in [4.69, 9.17) is 39.5 Å². The van der Waals surface area contributed by atoms with Crippen LogP contribution in [0.2, 0.25) is 15.1 Å². The van der Waals surface area contributed by atoms with E-state index in [9.17, 15) is 4.79 Å². The molecular weight excluding hydrogens is 407 g/mol. The molecule has 140 valence electrons. The van der Waals surface area contributed by atoms with Crippen molar-refractivity contribution in [3.8, 4) is 17.1 Å². The molecule has 0 N–H and O–H groups in total. The van der Waals surface area contributed by atoms with Crippen LogP contribution >= 0.6 is 34.8 Å². The number of esters is 1. The van der Waals surface area contributed by atoms with Gasteiger partial charge in [0, 0.05) is 27.5 Å². The van der Waals surface area contributed by atoms with Crippen LogP contribution in [0.5, 0.6) is 0 Å². The third-order valence-electron chi connectivity index (χ3n) is 3.92. The summed E-state index contributed by atoms with van der Waals surface area (Å²) < 4.78 is 7.07. The van der Waals surface area contributed by atoms with Crippen molar-refractivity contribution >= 4 is 40.8 Å². The number of carbonyl (C=O) groups excluding carboxylic acids is 1. The maximum Gasteiger partial charge on any atom is 0.358 e. The van der Waals surface area contributed by atoms with Crippen molar-refractivity contribution in [3.05, 3.63) is 69.4 Å². The third kappa shape index (κ3) is 4.64. The van der Waals surface area contributed by atoms with Gasteiger partial charge in [-0.2, -0.15) is 0 Å². The van der Waals surface area contributed by atoms with E-state index in [1.807, 2.05) is 19.1 Å². The molecule has 3 rings (SSSR count). The average Bonchev–Trinajstić information content (AvgIpc) is 3.07. The Labute approximate surface area is 172 Å². The highest BCUT2D eigenvalue weighted by Crippen LogP contribution is 2.32. The van der Waals surface area contributed by atoms with Crippen LogP contribution in [0.4, 0.5) is 0 Å². The topological polar surface area (TPSA) is 44.1 Å². The Hall–Kier alpha value is -2.01. The fraction of sp³-hybridized carbons (Fsp3) is 0.200. The van der Waals surface area contributed by atoms with Gasteiger partial charge in [0.1, 0.15) is 5.82 Å². The van der Waals surface area contributed by atoms with Gasteiger partial charge < -0.3 is 4.74 Å². The average molecular weight is 424 g/mol. The summed E-state index contributed by atoms with van der Waals surface area (Å²) in [5.41, 5.74) is 1.66. The first-order valence-corrected chi connectivity index (χ1v) is 9.61. The summed E-state index contributed by atoms with van der Waals surface area (Å²) in [7, 11) is 0. The summed E-state index contributed by atoms with van der Waals surface area (Å²) in [5.74, 6) is 0.0453. The van der Waals surface area contributed by atoms with Gasteiger partial charge in [0.05, 0.1) is 11.6 Å². The molecule has 0 saturated heterocycles. The lowest BCUT2D eigenvalue weighted by Crippen LogP contribution is -2.06. The van der Waals surface area contributed by atoms with Crippen LogP contribution in [0.25, 0.3) is 17.1 Å². The monoisotopic (exact) mass is 422 g/mol. The SMILES string of the molecule is CCCCOC(=O)c1cn(-c2ccc(Cl)cc2)c(-c2ccc(Cl)cc2Cl)n1. The molecule has 0 aliphatic heterocycles. The van der Waals surface area contributed by atoms with Crippen LogP contribution in [0, 0.1) is 0 Å². The van der Waals surface area contributed by atoms with Crippen LogP contribution in [-0.2, 0) is 4.74 Å². The molecule has 0 bridgehead atoms. The molecule has 2 aromatic carbocycles. The minimum Gasteiger partial charge on any atom is -0.461 e. The molecule has 4 nitrogen and oxygen atoms in total. The minimum atomic E-state index is -0.470. The zero-order valence-corrected chi connectivity index (χ0v) is 16.9. The molecule has 0 aliphatic carbocycles. The van der Waals surface area contributed by atoms with Crippen molar-refractivity contribution in [3.63, 3.8) is 0 Å². The number of unbranched alkanes of at least 4 members (excludes halogenated alkanes) is 1. The number of aromatic nitrogens is 2. The molecule has 3 aromatic rings. The second-order valence-corrected chi connectivity index (χ2v) is 7.19. The zero-order chi connectivity index (χ0) is 19.4. The smallest absolute Gasteiger partial charge is 0.358 e. The highest BCUT2D eigenvalue weighted by atomic mass is 35.5. The predicted molar refractivity (Wildman–Crippen MR) is 109 cm³/mol. The predicted octanol–water partition coefficient (Wildman–Crippen LogP) is 6.46. The number of halogens is 3. The first-order chi connectivity index (χ1) is 13.0. The molecule has 0 atom stereocenters. The maximum atomic E-state index is 12.4. The molecule has 0 aliphatic rings. The van der Waals surface area contributed by atoms with E-state index in [0.29, 0.717) is 33.1 Å². The van der Waals surface area contributed by atoms with E-state index in [1.54, 1.807) is 41.1 Å². The number of ether oxygens (including phenoxy) is 1. The number of hydrogen-bond donors (Lipinski definition) is 0. The molecule has 1 aromatic heterocycles. The van der Waals surface area contributed by atoms with Gasteiger partial charge in [-0.15, -0.1) is 0 Å². The van der Waals surface area contributed by atoms with Gasteiger partial charge in [0.2, 0.25) is 0 Å². The van der Waals surface area contributed by atoms with Gasteiger partial charge >= 0.3 is 5.97 Å².